The zero-order chi connectivity index (χ0) is 12.3. The van der Waals surface area contributed by atoms with Gasteiger partial charge < -0.3 is 15.3 Å². The lowest BCUT2D eigenvalue weighted by atomic mass is 10.2. The lowest BCUT2D eigenvalue weighted by Gasteiger charge is -2.13. The summed E-state index contributed by atoms with van der Waals surface area (Å²) in [6.07, 6.45) is 0. The molecule has 86 valence electrons. The number of carbonyl (C=O) groups is 2. The monoisotopic (exact) mass is 226 g/mol. The van der Waals surface area contributed by atoms with Crippen LogP contribution in [0.1, 0.15) is 10.4 Å². The number of carboxylic acids is 1. The van der Waals surface area contributed by atoms with Gasteiger partial charge in [0.25, 0.3) is 0 Å². The Balaban J connectivity index is 3.06. The number of amides is 2. The van der Waals surface area contributed by atoms with Crippen molar-refractivity contribution in [1.29, 1.82) is 0 Å². The average Bonchev–Trinajstić information content (AvgIpc) is 2.16. The van der Waals surface area contributed by atoms with Gasteiger partial charge in [0, 0.05) is 14.1 Å². The number of anilines is 1. The Morgan fingerprint density at radius 1 is 1.38 bits per heavy atom. The van der Waals surface area contributed by atoms with Crippen LogP contribution in [0.4, 0.5) is 14.9 Å². The molecule has 0 spiro atoms. The van der Waals surface area contributed by atoms with E-state index in [1.54, 1.807) is 0 Å². The summed E-state index contributed by atoms with van der Waals surface area (Å²) in [5.41, 5.74) is -0.220. The Morgan fingerprint density at radius 2 is 2.00 bits per heavy atom. The Bertz CT molecular complexity index is 432. The minimum Gasteiger partial charge on any atom is -0.478 e. The van der Waals surface area contributed by atoms with Crippen LogP contribution in [0.2, 0.25) is 0 Å². The Labute approximate surface area is 91.5 Å². The van der Waals surface area contributed by atoms with Crippen LogP contribution in [0.25, 0.3) is 0 Å². The molecule has 0 radical (unpaired) electrons. The molecule has 0 atom stereocenters. The molecular weight excluding hydrogens is 215 g/mol. The van der Waals surface area contributed by atoms with Crippen LogP contribution in [0.3, 0.4) is 0 Å². The van der Waals surface area contributed by atoms with Crippen LogP contribution >= 0.6 is 0 Å². The maximum atomic E-state index is 12.9. The minimum absolute atomic E-state index is 0.0637. The van der Waals surface area contributed by atoms with Gasteiger partial charge in [-0.25, -0.2) is 14.0 Å². The SMILES string of the molecule is CN(C)C(=O)Nc1cc(F)ccc1C(=O)O. The summed E-state index contributed by atoms with van der Waals surface area (Å²) in [7, 11) is 2.99. The number of nitrogens with one attached hydrogen (secondary N) is 1. The van der Waals surface area contributed by atoms with Gasteiger partial charge in [0.05, 0.1) is 11.3 Å². The fraction of sp³-hybridized carbons (Fsp3) is 0.200. The van der Waals surface area contributed by atoms with Gasteiger partial charge in [-0.3, -0.25) is 0 Å². The van der Waals surface area contributed by atoms with Crippen molar-refractivity contribution < 1.29 is 19.1 Å². The maximum Gasteiger partial charge on any atom is 0.337 e. The van der Waals surface area contributed by atoms with Crippen molar-refractivity contribution in [2.45, 2.75) is 0 Å². The standard InChI is InChI=1S/C10H11FN2O3/c1-13(2)10(16)12-8-5-6(11)3-4-7(8)9(14)15/h3-5H,1-2H3,(H,12,16)(H,14,15). The van der Waals surface area contributed by atoms with Crippen LogP contribution in [-0.4, -0.2) is 36.1 Å². The van der Waals surface area contributed by atoms with Gasteiger partial charge in [-0.15, -0.1) is 0 Å². The molecule has 6 heteroatoms. The van der Waals surface area contributed by atoms with E-state index < -0.39 is 17.8 Å². The van der Waals surface area contributed by atoms with E-state index in [1.807, 2.05) is 0 Å². The topological polar surface area (TPSA) is 69.6 Å². The largest absolute Gasteiger partial charge is 0.478 e. The van der Waals surface area contributed by atoms with Crippen LogP contribution in [0.5, 0.6) is 0 Å². The van der Waals surface area contributed by atoms with Gasteiger partial charge in [0.15, 0.2) is 0 Å². The molecular formula is C10H11FN2O3. The zero-order valence-corrected chi connectivity index (χ0v) is 8.82. The first-order chi connectivity index (χ1) is 7.41. The van der Waals surface area contributed by atoms with Gasteiger partial charge >= 0.3 is 12.0 Å². The van der Waals surface area contributed by atoms with Crippen LogP contribution in [0, 0.1) is 5.82 Å². The van der Waals surface area contributed by atoms with Crippen molar-refractivity contribution in [1.82, 2.24) is 4.90 Å². The molecule has 2 N–H and O–H groups in total. The molecule has 1 rings (SSSR count). The highest BCUT2D eigenvalue weighted by Crippen LogP contribution is 2.17. The number of hydrogen-bond acceptors (Lipinski definition) is 2. The number of urea groups is 1. The van der Waals surface area contributed by atoms with Crippen molar-refractivity contribution in [2.24, 2.45) is 0 Å². The molecule has 1 aromatic carbocycles. The molecule has 0 aromatic heterocycles. The highest BCUT2D eigenvalue weighted by Gasteiger charge is 2.13. The minimum atomic E-state index is -1.23. The van der Waals surface area contributed by atoms with Crippen molar-refractivity contribution in [3.8, 4) is 0 Å². The Kier molecular flexibility index (Phi) is 3.44. The first kappa shape index (κ1) is 12.0. The molecule has 0 saturated carbocycles. The fourth-order valence-electron chi connectivity index (χ4n) is 1.03. The van der Waals surface area contributed by atoms with Gasteiger partial charge in [0.1, 0.15) is 5.82 Å². The number of rotatable bonds is 2. The second-order valence-corrected chi connectivity index (χ2v) is 3.32. The van der Waals surface area contributed by atoms with E-state index in [2.05, 4.69) is 5.32 Å². The summed E-state index contributed by atoms with van der Waals surface area (Å²) in [4.78, 5) is 23.3. The number of aromatic carboxylic acids is 1. The molecule has 0 aliphatic rings. The number of hydrogen-bond donors (Lipinski definition) is 2. The summed E-state index contributed by atoms with van der Waals surface area (Å²) in [6.45, 7) is 0. The average molecular weight is 226 g/mol. The molecule has 16 heavy (non-hydrogen) atoms. The molecule has 2 amide bonds. The van der Waals surface area contributed by atoms with E-state index >= 15 is 0 Å². The molecule has 0 aliphatic heterocycles. The lowest BCUT2D eigenvalue weighted by molar-refractivity contribution is 0.0698. The first-order valence-corrected chi connectivity index (χ1v) is 4.43. The highest BCUT2D eigenvalue weighted by molar-refractivity contribution is 5.99. The zero-order valence-electron chi connectivity index (χ0n) is 8.82. The summed E-state index contributed by atoms with van der Waals surface area (Å²) >= 11 is 0. The second-order valence-electron chi connectivity index (χ2n) is 3.32. The van der Waals surface area contributed by atoms with Gasteiger partial charge in [-0.1, -0.05) is 0 Å². The number of halogens is 1. The molecule has 0 fully saturated rings. The molecule has 1 aromatic rings. The quantitative estimate of drug-likeness (QED) is 0.805. The predicted molar refractivity (Wildman–Crippen MR) is 56.1 cm³/mol. The Hall–Kier alpha value is -2.11. The van der Waals surface area contributed by atoms with Gasteiger partial charge in [-0.2, -0.15) is 0 Å². The molecule has 0 unspecified atom stereocenters. The smallest absolute Gasteiger partial charge is 0.337 e. The van der Waals surface area contributed by atoms with Gasteiger partial charge in [-0.05, 0) is 18.2 Å². The van der Waals surface area contributed by atoms with E-state index in [1.165, 1.54) is 19.0 Å². The second kappa shape index (κ2) is 4.61. The molecule has 0 aliphatic carbocycles. The summed E-state index contributed by atoms with van der Waals surface area (Å²) < 4.78 is 12.9. The summed E-state index contributed by atoms with van der Waals surface area (Å²) in [5.74, 6) is -1.84. The fourth-order valence-corrected chi connectivity index (χ4v) is 1.03. The molecule has 5 nitrogen and oxygen atoms in total. The third-order valence-corrected chi connectivity index (χ3v) is 1.86. The van der Waals surface area contributed by atoms with Crippen molar-refractivity contribution in [3.05, 3.63) is 29.6 Å². The van der Waals surface area contributed by atoms with Crippen LogP contribution in [0.15, 0.2) is 18.2 Å². The number of nitrogens with zero attached hydrogens (tertiary/aromatic N) is 1. The van der Waals surface area contributed by atoms with E-state index in [-0.39, 0.29) is 11.3 Å². The van der Waals surface area contributed by atoms with Gasteiger partial charge in [0.2, 0.25) is 0 Å². The van der Waals surface area contributed by atoms with E-state index in [9.17, 15) is 14.0 Å². The number of benzene rings is 1. The Morgan fingerprint density at radius 3 is 2.50 bits per heavy atom. The summed E-state index contributed by atoms with van der Waals surface area (Å²) in [6, 6.07) is 2.57. The van der Waals surface area contributed by atoms with E-state index in [0.29, 0.717) is 0 Å². The van der Waals surface area contributed by atoms with Crippen molar-refractivity contribution >= 4 is 17.7 Å². The van der Waals surface area contributed by atoms with E-state index in [4.69, 9.17) is 5.11 Å². The third-order valence-electron chi connectivity index (χ3n) is 1.86. The first-order valence-electron chi connectivity index (χ1n) is 4.43. The molecule has 0 saturated heterocycles. The van der Waals surface area contributed by atoms with E-state index in [0.717, 1.165) is 18.2 Å². The van der Waals surface area contributed by atoms with Crippen LogP contribution in [-0.2, 0) is 0 Å². The maximum absolute atomic E-state index is 12.9. The van der Waals surface area contributed by atoms with Crippen molar-refractivity contribution in [3.63, 3.8) is 0 Å². The third kappa shape index (κ3) is 2.69. The normalized spacial score (nSPS) is 9.69. The molecule has 0 heterocycles. The van der Waals surface area contributed by atoms with Crippen LogP contribution < -0.4 is 5.32 Å². The highest BCUT2D eigenvalue weighted by atomic mass is 19.1. The molecule has 0 bridgehead atoms. The lowest BCUT2D eigenvalue weighted by Crippen LogP contribution is -2.28. The predicted octanol–water partition coefficient (Wildman–Crippen LogP) is 1.62. The number of carboxylic acid groups (broad SMARTS) is 1. The number of carbonyl (C=O) groups excluding carboxylic acids is 1. The van der Waals surface area contributed by atoms with Crippen molar-refractivity contribution in [2.75, 3.05) is 19.4 Å². The summed E-state index contributed by atoms with van der Waals surface area (Å²) in [5, 5.41) is 11.1.